The first kappa shape index (κ1) is 10.4. The van der Waals surface area contributed by atoms with Crippen molar-refractivity contribution in [2.75, 3.05) is 14.2 Å². The number of hydrogen-bond donors (Lipinski definition) is 0. The molecule has 0 spiro atoms. The quantitative estimate of drug-likeness (QED) is 0.516. The number of hydrogen-bond acceptors (Lipinski definition) is 3. The average Bonchev–Trinajstić information content (AvgIpc) is 2.16. The fourth-order valence-electron chi connectivity index (χ4n) is 1.24. The summed E-state index contributed by atoms with van der Waals surface area (Å²) in [7, 11) is 3.02. The molecule has 3 nitrogen and oxygen atoms in total. The molecule has 0 aromatic carbocycles. The van der Waals surface area contributed by atoms with Gasteiger partial charge >= 0.3 is 0 Å². The van der Waals surface area contributed by atoms with Crippen molar-refractivity contribution in [3.05, 3.63) is 22.8 Å². The minimum atomic E-state index is -0.887. The van der Waals surface area contributed by atoms with Crippen molar-refractivity contribution >= 4 is 17.9 Å². The van der Waals surface area contributed by atoms with E-state index in [9.17, 15) is 4.79 Å². The lowest BCUT2D eigenvalue weighted by Crippen LogP contribution is -2.33. The van der Waals surface area contributed by atoms with Crippen LogP contribution in [-0.2, 0) is 14.3 Å². The van der Waals surface area contributed by atoms with E-state index in [0.717, 1.165) is 6.29 Å². The second kappa shape index (κ2) is 4.05. The largest absolute Gasteiger partial charge is 0.349 e. The van der Waals surface area contributed by atoms with Crippen molar-refractivity contribution in [3.8, 4) is 0 Å². The molecule has 1 aliphatic carbocycles. The molecule has 0 saturated heterocycles. The van der Waals surface area contributed by atoms with Gasteiger partial charge in [0, 0.05) is 25.7 Å². The van der Waals surface area contributed by atoms with Crippen LogP contribution in [-0.4, -0.2) is 26.3 Å². The third-order valence-electron chi connectivity index (χ3n) is 1.97. The SMILES string of the molecule is COC1(OC)C=C(Cl)C=C(C=O)C1. The van der Waals surface area contributed by atoms with Crippen LogP contribution >= 0.6 is 11.6 Å². The molecule has 4 heteroatoms. The van der Waals surface area contributed by atoms with Gasteiger partial charge in [-0.15, -0.1) is 0 Å². The summed E-state index contributed by atoms with van der Waals surface area (Å²) < 4.78 is 10.3. The fraction of sp³-hybridized carbons (Fsp3) is 0.444. The van der Waals surface area contributed by atoms with Crippen molar-refractivity contribution in [1.29, 1.82) is 0 Å². The van der Waals surface area contributed by atoms with Gasteiger partial charge in [0.1, 0.15) is 6.29 Å². The van der Waals surface area contributed by atoms with Gasteiger partial charge in [0.2, 0.25) is 0 Å². The maximum Gasteiger partial charge on any atom is 0.193 e. The Kier molecular flexibility index (Phi) is 3.25. The molecule has 0 aromatic heterocycles. The zero-order valence-corrected chi connectivity index (χ0v) is 8.30. The van der Waals surface area contributed by atoms with E-state index in [1.165, 1.54) is 14.2 Å². The highest BCUT2D eigenvalue weighted by Crippen LogP contribution is 2.30. The van der Waals surface area contributed by atoms with Crippen LogP contribution in [0, 0.1) is 0 Å². The molecular formula is C9H11ClO3. The number of carbonyl (C=O) groups is 1. The van der Waals surface area contributed by atoms with E-state index in [0.29, 0.717) is 17.0 Å². The van der Waals surface area contributed by atoms with E-state index in [-0.39, 0.29) is 0 Å². The van der Waals surface area contributed by atoms with Crippen LogP contribution in [0.3, 0.4) is 0 Å². The molecule has 0 atom stereocenters. The molecular weight excluding hydrogens is 192 g/mol. The molecule has 72 valence electrons. The van der Waals surface area contributed by atoms with E-state index >= 15 is 0 Å². The van der Waals surface area contributed by atoms with Gasteiger partial charge in [-0.3, -0.25) is 4.79 Å². The smallest absolute Gasteiger partial charge is 0.193 e. The number of aldehydes is 1. The lowest BCUT2D eigenvalue weighted by atomic mass is 10.0. The van der Waals surface area contributed by atoms with E-state index in [1.807, 2.05) is 0 Å². The summed E-state index contributed by atoms with van der Waals surface area (Å²) in [6.45, 7) is 0. The third-order valence-corrected chi connectivity index (χ3v) is 2.19. The number of carbonyl (C=O) groups excluding carboxylic acids is 1. The molecule has 0 radical (unpaired) electrons. The standard InChI is InChI=1S/C9H11ClO3/c1-12-9(13-2)4-7(6-11)3-8(10)5-9/h3,5-6H,4H2,1-2H3. The van der Waals surface area contributed by atoms with Crippen molar-refractivity contribution in [2.24, 2.45) is 0 Å². The molecule has 0 bridgehead atoms. The Labute approximate surface area is 82.0 Å². The maximum atomic E-state index is 10.6. The third kappa shape index (κ3) is 2.18. The van der Waals surface area contributed by atoms with Gasteiger partial charge in [0.05, 0.1) is 0 Å². The molecule has 0 heterocycles. The Morgan fingerprint density at radius 1 is 1.54 bits per heavy atom. The van der Waals surface area contributed by atoms with Gasteiger partial charge in [-0.1, -0.05) is 11.6 Å². The second-order valence-corrected chi connectivity index (χ2v) is 3.20. The second-order valence-electron chi connectivity index (χ2n) is 2.76. The Morgan fingerprint density at radius 3 is 2.62 bits per heavy atom. The number of ether oxygens (including phenoxy) is 2. The van der Waals surface area contributed by atoms with E-state index < -0.39 is 5.79 Å². The lowest BCUT2D eigenvalue weighted by Gasteiger charge is -2.30. The first-order valence-corrected chi connectivity index (χ1v) is 4.18. The minimum Gasteiger partial charge on any atom is -0.349 e. The molecule has 0 aliphatic heterocycles. The number of allylic oxidation sites excluding steroid dienone is 2. The zero-order valence-electron chi connectivity index (χ0n) is 7.54. The zero-order chi connectivity index (χ0) is 9.90. The van der Waals surface area contributed by atoms with Crippen LogP contribution < -0.4 is 0 Å². The number of halogens is 1. The molecule has 0 saturated carbocycles. The van der Waals surface area contributed by atoms with Crippen molar-refractivity contribution in [1.82, 2.24) is 0 Å². The normalized spacial score (nSPS) is 20.5. The first-order valence-electron chi connectivity index (χ1n) is 3.80. The predicted molar refractivity (Wildman–Crippen MR) is 49.4 cm³/mol. The van der Waals surface area contributed by atoms with Crippen molar-refractivity contribution < 1.29 is 14.3 Å². The summed E-state index contributed by atoms with van der Waals surface area (Å²) in [4.78, 5) is 10.6. The highest BCUT2D eigenvalue weighted by atomic mass is 35.5. The lowest BCUT2D eigenvalue weighted by molar-refractivity contribution is -0.169. The summed E-state index contributed by atoms with van der Waals surface area (Å²) in [5, 5.41) is 0.456. The van der Waals surface area contributed by atoms with Gasteiger partial charge in [-0.25, -0.2) is 0 Å². The maximum absolute atomic E-state index is 10.6. The topological polar surface area (TPSA) is 35.5 Å². The Morgan fingerprint density at radius 2 is 2.15 bits per heavy atom. The van der Waals surface area contributed by atoms with Crippen LogP contribution in [0.5, 0.6) is 0 Å². The highest BCUT2D eigenvalue weighted by molar-refractivity contribution is 6.31. The van der Waals surface area contributed by atoms with Gasteiger partial charge in [-0.2, -0.15) is 0 Å². The Bertz CT molecular complexity index is 264. The van der Waals surface area contributed by atoms with E-state index in [2.05, 4.69) is 0 Å². The van der Waals surface area contributed by atoms with E-state index in [4.69, 9.17) is 21.1 Å². The summed E-state index contributed by atoms with van der Waals surface area (Å²) in [5.74, 6) is -0.887. The van der Waals surface area contributed by atoms with Gasteiger partial charge in [0.25, 0.3) is 0 Å². The van der Waals surface area contributed by atoms with Crippen molar-refractivity contribution in [3.63, 3.8) is 0 Å². The summed E-state index contributed by atoms with van der Waals surface area (Å²) >= 11 is 5.80. The Hall–Kier alpha value is -0.640. The minimum absolute atomic E-state index is 0.389. The molecule has 13 heavy (non-hydrogen) atoms. The summed E-state index contributed by atoms with van der Waals surface area (Å²) in [6.07, 6.45) is 4.38. The first-order chi connectivity index (χ1) is 6.15. The monoisotopic (exact) mass is 202 g/mol. The van der Waals surface area contributed by atoms with Crippen LogP contribution in [0.1, 0.15) is 6.42 Å². The molecule has 0 aromatic rings. The Balaban J connectivity index is 2.96. The molecule has 0 N–H and O–H groups in total. The molecule has 0 amide bonds. The molecule has 0 unspecified atom stereocenters. The van der Waals surface area contributed by atoms with Crippen molar-refractivity contribution in [2.45, 2.75) is 12.2 Å². The van der Waals surface area contributed by atoms with Gasteiger partial charge in [-0.05, 0) is 17.7 Å². The van der Waals surface area contributed by atoms with Crippen LogP contribution in [0.2, 0.25) is 0 Å². The van der Waals surface area contributed by atoms with Crippen LogP contribution in [0.15, 0.2) is 22.8 Å². The fourth-order valence-corrected chi connectivity index (χ4v) is 1.54. The molecule has 0 fully saturated rings. The highest BCUT2D eigenvalue weighted by Gasteiger charge is 2.31. The van der Waals surface area contributed by atoms with E-state index in [1.54, 1.807) is 12.2 Å². The summed E-state index contributed by atoms with van der Waals surface area (Å²) in [5.41, 5.74) is 0.566. The number of rotatable bonds is 3. The van der Waals surface area contributed by atoms with Gasteiger partial charge < -0.3 is 9.47 Å². The molecule has 1 aliphatic rings. The van der Waals surface area contributed by atoms with Crippen LogP contribution in [0.4, 0.5) is 0 Å². The van der Waals surface area contributed by atoms with Gasteiger partial charge in [0.15, 0.2) is 5.79 Å². The summed E-state index contributed by atoms with van der Waals surface area (Å²) in [6, 6.07) is 0. The van der Waals surface area contributed by atoms with Crippen LogP contribution in [0.25, 0.3) is 0 Å². The average molecular weight is 203 g/mol. The number of methoxy groups -OCH3 is 2. The predicted octanol–water partition coefficient (Wildman–Crippen LogP) is 1.63. The molecule has 1 rings (SSSR count).